The zero-order chi connectivity index (χ0) is 6.97. The summed E-state index contributed by atoms with van der Waals surface area (Å²) in [5, 5.41) is 8.69. The van der Waals surface area contributed by atoms with Gasteiger partial charge in [0.1, 0.15) is 6.04 Å². The van der Waals surface area contributed by atoms with Crippen LogP contribution in [-0.4, -0.2) is 48.6 Å². The molecule has 1 atom stereocenters. The van der Waals surface area contributed by atoms with Gasteiger partial charge in [-0.15, -0.1) is 0 Å². The van der Waals surface area contributed by atoms with Crippen molar-refractivity contribution in [2.45, 2.75) is 6.04 Å². The van der Waals surface area contributed by atoms with Crippen LogP contribution in [0.4, 0.5) is 0 Å². The van der Waals surface area contributed by atoms with Crippen LogP contribution in [-0.2, 0) is 0 Å². The van der Waals surface area contributed by atoms with Crippen LogP contribution in [0.5, 0.6) is 0 Å². The average Bonchev–Trinajstić information content (AvgIpc) is 2.06. The topological polar surface area (TPSA) is 30.3 Å². The average molecular weight is 137 g/mol. The van der Waals surface area contributed by atoms with Crippen LogP contribution in [0.15, 0.2) is 0 Å². The normalized spacial score (nSPS) is 44.9. The van der Waals surface area contributed by atoms with Gasteiger partial charge in [-0.2, -0.15) is 5.26 Å². The molecule has 0 aliphatic carbocycles. The van der Waals surface area contributed by atoms with E-state index < -0.39 is 0 Å². The van der Waals surface area contributed by atoms with E-state index in [0.717, 1.165) is 32.7 Å². The van der Waals surface area contributed by atoms with Crippen LogP contribution in [0, 0.1) is 11.3 Å². The molecule has 0 spiro atoms. The number of piperazine rings is 3. The molecule has 0 aromatic rings. The van der Waals surface area contributed by atoms with Gasteiger partial charge in [-0.3, -0.25) is 9.80 Å². The molecule has 3 heteroatoms. The second-order valence-corrected chi connectivity index (χ2v) is 2.98. The molecule has 0 amide bonds. The van der Waals surface area contributed by atoms with E-state index in [-0.39, 0.29) is 6.04 Å². The number of hydrogen-bond acceptors (Lipinski definition) is 3. The van der Waals surface area contributed by atoms with E-state index in [1.54, 1.807) is 0 Å². The smallest absolute Gasteiger partial charge is 0.111 e. The molecule has 0 aromatic heterocycles. The molecular formula is C7H11N3. The molecule has 0 saturated carbocycles. The van der Waals surface area contributed by atoms with Crippen LogP contribution in [0.2, 0.25) is 0 Å². The molecule has 10 heavy (non-hydrogen) atoms. The minimum Gasteiger partial charge on any atom is -0.298 e. The molecule has 3 rings (SSSR count). The van der Waals surface area contributed by atoms with Gasteiger partial charge in [-0.25, -0.2) is 0 Å². The molecular weight excluding hydrogens is 126 g/mol. The fraction of sp³-hybridized carbons (Fsp3) is 0.857. The maximum absolute atomic E-state index is 8.69. The Morgan fingerprint density at radius 2 is 1.90 bits per heavy atom. The van der Waals surface area contributed by atoms with Gasteiger partial charge in [0.05, 0.1) is 6.07 Å². The van der Waals surface area contributed by atoms with Gasteiger partial charge in [-0.05, 0) is 0 Å². The standard InChI is InChI=1S/C7H11N3/c8-5-7-6-9-1-3-10(7)4-2-9/h7H,1-4,6H2/t7-/m0/s1. The lowest BCUT2D eigenvalue weighted by Crippen LogP contribution is -2.60. The number of nitriles is 1. The number of nitrogens with zero attached hydrogens (tertiary/aromatic N) is 3. The summed E-state index contributed by atoms with van der Waals surface area (Å²) in [5.74, 6) is 0. The molecule has 0 N–H and O–H groups in total. The molecule has 3 aliphatic rings. The molecule has 3 aliphatic heterocycles. The molecule has 3 heterocycles. The molecule has 0 unspecified atom stereocenters. The van der Waals surface area contributed by atoms with Crippen LogP contribution >= 0.6 is 0 Å². The SMILES string of the molecule is N#C[C@H]1CN2CCN1CC2. The summed E-state index contributed by atoms with van der Waals surface area (Å²) < 4.78 is 0. The lowest BCUT2D eigenvalue weighted by atomic mass is 10.1. The summed E-state index contributed by atoms with van der Waals surface area (Å²) in [6.07, 6.45) is 0. The third-order valence-corrected chi connectivity index (χ3v) is 2.43. The Morgan fingerprint density at radius 1 is 1.20 bits per heavy atom. The van der Waals surface area contributed by atoms with Gasteiger partial charge < -0.3 is 0 Å². The third kappa shape index (κ3) is 0.808. The van der Waals surface area contributed by atoms with Crippen molar-refractivity contribution in [2.75, 3.05) is 32.7 Å². The molecule has 3 nitrogen and oxygen atoms in total. The fourth-order valence-electron chi connectivity index (χ4n) is 1.74. The van der Waals surface area contributed by atoms with Crippen molar-refractivity contribution >= 4 is 0 Å². The predicted octanol–water partition coefficient (Wildman–Crippen LogP) is -0.490. The van der Waals surface area contributed by atoms with Crippen LogP contribution in [0.3, 0.4) is 0 Å². The first-order chi connectivity index (χ1) is 4.90. The van der Waals surface area contributed by atoms with Gasteiger partial charge in [0.2, 0.25) is 0 Å². The molecule has 0 aromatic carbocycles. The second-order valence-electron chi connectivity index (χ2n) is 2.98. The largest absolute Gasteiger partial charge is 0.298 e. The molecule has 0 radical (unpaired) electrons. The van der Waals surface area contributed by atoms with E-state index in [2.05, 4.69) is 15.9 Å². The first-order valence-corrected chi connectivity index (χ1v) is 3.76. The molecule has 3 saturated heterocycles. The summed E-state index contributed by atoms with van der Waals surface area (Å²) in [4.78, 5) is 4.65. The highest BCUT2D eigenvalue weighted by molar-refractivity contribution is 5.00. The summed E-state index contributed by atoms with van der Waals surface area (Å²) in [5.41, 5.74) is 0. The first kappa shape index (κ1) is 6.14. The number of hydrogen-bond donors (Lipinski definition) is 0. The van der Waals surface area contributed by atoms with E-state index in [1.807, 2.05) is 0 Å². The number of rotatable bonds is 0. The van der Waals surface area contributed by atoms with E-state index in [1.165, 1.54) is 0 Å². The summed E-state index contributed by atoms with van der Waals surface area (Å²) >= 11 is 0. The Hall–Kier alpha value is -0.590. The van der Waals surface area contributed by atoms with E-state index in [9.17, 15) is 0 Å². The summed E-state index contributed by atoms with van der Waals surface area (Å²) in [6, 6.07) is 2.50. The van der Waals surface area contributed by atoms with Crippen molar-refractivity contribution in [2.24, 2.45) is 0 Å². The van der Waals surface area contributed by atoms with Crippen LogP contribution < -0.4 is 0 Å². The zero-order valence-electron chi connectivity index (χ0n) is 5.95. The quantitative estimate of drug-likeness (QED) is 0.451. The van der Waals surface area contributed by atoms with Gasteiger partial charge in [0, 0.05) is 32.7 Å². The molecule has 54 valence electrons. The maximum Gasteiger partial charge on any atom is 0.111 e. The van der Waals surface area contributed by atoms with Crippen molar-refractivity contribution in [3.05, 3.63) is 0 Å². The highest BCUT2D eigenvalue weighted by Crippen LogP contribution is 2.14. The Morgan fingerprint density at radius 3 is 2.20 bits per heavy atom. The molecule has 3 fully saturated rings. The van der Waals surface area contributed by atoms with E-state index >= 15 is 0 Å². The predicted molar refractivity (Wildman–Crippen MR) is 37.4 cm³/mol. The van der Waals surface area contributed by atoms with Crippen molar-refractivity contribution in [1.82, 2.24) is 9.80 Å². The van der Waals surface area contributed by atoms with Crippen LogP contribution in [0.1, 0.15) is 0 Å². The van der Waals surface area contributed by atoms with Crippen molar-refractivity contribution in [1.29, 1.82) is 5.26 Å². The number of fused-ring (bicyclic) bond motifs is 3. The minimum atomic E-state index is 0.183. The molecule has 2 bridgehead atoms. The fourth-order valence-corrected chi connectivity index (χ4v) is 1.74. The monoisotopic (exact) mass is 137 g/mol. The lowest BCUT2D eigenvalue weighted by molar-refractivity contribution is 0.0362. The second kappa shape index (κ2) is 2.22. The van der Waals surface area contributed by atoms with Gasteiger partial charge in [0.15, 0.2) is 0 Å². The summed E-state index contributed by atoms with van der Waals surface area (Å²) in [7, 11) is 0. The van der Waals surface area contributed by atoms with E-state index in [0.29, 0.717) is 0 Å². The van der Waals surface area contributed by atoms with Crippen LogP contribution in [0.25, 0.3) is 0 Å². The maximum atomic E-state index is 8.69. The first-order valence-electron chi connectivity index (χ1n) is 3.76. The highest BCUT2D eigenvalue weighted by Gasteiger charge is 2.31. The third-order valence-electron chi connectivity index (χ3n) is 2.43. The zero-order valence-corrected chi connectivity index (χ0v) is 5.95. The lowest BCUT2D eigenvalue weighted by Gasteiger charge is -2.44. The van der Waals surface area contributed by atoms with Crippen molar-refractivity contribution in [3.8, 4) is 6.07 Å². The Bertz CT molecular complexity index is 164. The minimum absolute atomic E-state index is 0.183. The van der Waals surface area contributed by atoms with E-state index in [4.69, 9.17) is 5.26 Å². The van der Waals surface area contributed by atoms with Crippen molar-refractivity contribution < 1.29 is 0 Å². The van der Waals surface area contributed by atoms with Gasteiger partial charge in [0.25, 0.3) is 0 Å². The Kier molecular flexibility index (Phi) is 1.37. The summed E-state index contributed by atoms with van der Waals surface area (Å²) in [6.45, 7) is 5.49. The Balaban J connectivity index is 2.09. The van der Waals surface area contributed by atoms with Gasteiger partial charge >= 0.3 is 0 Å². The highest BCUT2D eigenvalue weighted by atomic mass is 15.3. The van der Waals surface area contributed by atoms with Crippen molar-refractivity contribution in [3.63, 3.8) is 0 Å². The van der Waals surface area contributed by atoms with Gasteiger partial charge in [-0.1, -0.05) is 0 Å². The Labute approximate surface area is 60.8 Å².